The molecule has 174 valence electrons. The molecule has 0 bridgehead atoms. The maximum absolute atomic E-state index is 13.6. The van der Waals surface area contributed by atoms with E-state index in [0.717, 1.165) is 29.0 Å². The molecule has 11 heteroatoms. The van der Waals surface area contributed by atoms with Gasteiger partial charge in [0.15, 0.2) is 5.65 Å². The summed E-state index contributed by atoms with van der Waals surface area (Å²) in [6.07, 6.45) is -1.81. The number of hydrogen-bond acceptors (Lipinski definition) is 4. The highest BCUT2D eigenvalue weighted by Crippen LogP contribution is 2.41. The van der Waals surface area contributed by atoms with Gasteiger partial charge in [0, 0.05) is 59.9 Å². The summed E-state index contributed by atoms with van der Waals surface area (Å²) in [6.45, 7) is 2.57. The summed E-state index contributed by atoms with van der Waals surface area (Å²) in [7, 11) is 0. The molecule has 0 N–H and O–H groups in total. The Morgan fingerprint density at radius 1 is 1.09 bits per heavy atom. The Hall–Kier alpha value is -2.36. The largest absolute Gasteiger partial charge is 0.433 e. The minimum atomic E-state index is -4.59. The van der Waals surface area contributed by atoms with Crippen LogP contribution in [0.4, 0.5) is 13.2 Å². The molecular formula is C22H20Cl2F3N5O. The Bertz CT molecular complexity index is 1200. The average Bonchev–Trinajstić information content (AvgIpc) is 3.54. The SMILES string of the molecule is O=C(c1cnn2c(C(F)(F)F)cc(C3CC3)nc12)N1CCN(Cc2c(Cl)cccc2Cl)CC1. The van der Waals surface area contributed by atoms with Crippen LogP contribution in [-0.4, -0.2) is 56.5 Å². The van der Waals surface area contributed by atoms with Crippen LogP contribution in [0.5, 0.6) is 0 Å². The number of aromatic nitrogens is 3. The highest BCUT2D eigenvalue weighted by atomic mass is 35.5. The molecular weight excluding hydrogens is 478 g/mol. The summed E-state index contributed by atoms with van der Waals surface area (Å²) in [5.41, 5.74) is 0.341. The second-order valence-corrected chi connectivity index (χ2v) is 9.21. The molecule has 3 heterocycles. The molecule has 1 saturated heterocycles. The minimum absolute atomic E-state index is 0.00846. The molecule has 1 aromatic carbocycles. The van der Waals surface area contributed by atoms with Crippen LogP contribution in [-0.2, 0) is 12.7 Å². The van der Waals surface area contributed by atoms with Crippen LogP contribution in [0.25, 0.3) is 5.65 Å². The molecule has 1 amide bonds. The lowest BCUT2D eigenvalue weighted by Crippen LogP contribution is -2.48. The number of nitrogens with zero attached hydrogens (tertiary/aromatic N) is 5. The van der Waals surface area contributed by atoms with Gasteiger partial charge in [0.05, 0.1) is 6.20 Å². The van der Waals surface area contributed by atoms with E-state index in [1.165, 1.54) is 6.20 Å². The van der Waals surface area contributed by atoms with Crippen LogP contribution in [0.2, 0.25) is 10.0 Å². The Morgan fingerprint density at radius 3 is 2.36 bits per heavy atom. The molecule has 0 radical (unpaired) electrons. The van der Waals surface area contributed by atoms with E-state index in [1.54, 1.807) is 23.1 Å². The van der Waals surface area contributed by atoms with Gasteiger partial charge in [-0.05, 0) is 31.0 Å². The van der Waals surface area contributed by atoms with Crippen LogP contribution in [0, 0.1) is 0 Å². The predicted octanol–water partition coefficient (Wildman–Crippen LogP) is 4.89. The first-order valence-electron chi connectivity index (χ1n) is 10.6. The van der Waals surface area contributed by atoms with Crippen molar-refractivity contribution in [2.45, 2.75) is 31.5 Å². The van der Waals surface area contributed by atoms with Gasteiger partial charge in [0.25, 0.3) is 5.91 Å². The number of halogens is 5. The number of rotatable bonds is 4. The Morgan fingerprint density at radius 2 is 1.76 bits per heavy atom. The molecule has 0 atom stereocenters. The quantitative estimate of drug-likeness (QED) is 0.514. The lowest BCUT2D eigenvalue weighted by Gasteiger charge is -2.34. The number of alkyl halides is 3. The molecule has 1 saturated carbocycles. The van der Waals surface area contributed by atoms with Crippen molar-refractivity contribution >= 4 is 34.8 Å². The second kappa shape index (κ2) is 8.45. The van der Waals surface area contributed by atoms with Crippen LogP contribution < -0.4 is 0 Å². The van der Waals surface area contributed by atoms with Crippen molar-refractivity contribution in [3.05, 3.63) is 63.0 Å². The zero-order chi connectivity index (χ0) is 23.3. The minimum Gasteiger partial charge on any atom is -0.336 e. The topological polar surface area (TPSA) is 53.7 Å². The molecule has 0 unspecified atom stereocenters. The highest BCUT2D eigenvalue weighted by molar-refractivity contribution is 6.35. The Labute approximate surface area is 197 Å². The van der Waals surface area contributed by atoms with Gasteiger partial charge < -0.3 is 4.90 Å². The smallest absolute Gasteiger partial charge is 0.336 e. The van der Waals surface area contributed by atoms with E-state index in [0.29, 0.717) is 48.5 Å². The molecule has 0 spiro atoms. The predicted molar refractivity (Wildman–Crippen MR) is 118 cm³/mol. The van der Waals surface area contributed by atoms with Gasteiger partial charge in [-0.25, -0.2) is 9.50 Å². The van der Waals surface area contributed by atoms with E-state index < -0.39 is 11.9 Å². The van der Waals surface area contributed by atoms with Gasteiger partial charge in [-0.15, -0.1) is 0 Å². The van der Waals surface area contributed by atoms with E-state index in [4.69, 9.17) is 23.2 Å². The van der Waals surface area contributed by atoms with E-state index >= 15 is 0 Å². The van der Waals surface area contributed by atoms with E-state index in [2.05, 4.69) is 15.0 Å². The number of carbonyl (C=O) groups is 1. The van der Waals surface area contributed by atoms with Gasteiger partial charge in [0.2, 0.25) is 0 Å². The van der Waals surface area contributed by atoms with Crippen molar-refractivity contribution in [1.82, 2.24) is 24.4 Å². The molecule has 5 rings (SSSR count). The van der Waals surface area contributed by atoms with Crippen molar-refractivity contribution in [3.8, 4) is 0 Å². The first kappa shape index (κ1) is 22.4. The van der Waals surface area contributed by atoms with Gasteiger partial charge in [0.1, 0.15) is 11.3 Å². The van der Waals surface area contributed by atoms with Gasteiger partial charge in [-0.1, -0.05) is 29.3 Å². The van der Waals surface area contributed by atoms with Crippen LogP contribution in [0.1, 0.15) is 46.1 Å². The third-order valence-electron chi connectivity index (χ3n) is 6.11. The van der Waals surface area contributed by atoms with Crippen molar-refractivity contribution in [3.63, 3.8) is 0 Å². The fourth-order valence-electron chi connectivity index (χ4n) is 4.11. The summed E-state index contributed by atoms with van der Waals surface area (Å²) in [6, 6.07) is 6.40. The molecule has 33 heavy (non-hydrogen) atoms. The Kier molecular flexibility index (Phi) is 5.74. The fourth-order valence-corrected chi connectivity index (χ4v) is 4.63. The molecule has 2 fully saturated rings. The molecule has 6 nitrogen and oxygen atoms in total. The van der Waals surface area contributed by atoms with Crippen molar-refractivity contribution in [2.75, 3.05) is 26.2 Å². The maximum Gasteiger partial charge on any atom is 0.433 e. The maximum atomic E-state index is 13.6. The first-order chi connectivity index (χ1) is 15.7. The molecule has 2 aromatic heterocycles. The molecule has 2 aliphatic rings. The second-order valence-electron chi connectivity index (χ2n) is 8.40. The Balaban J connectivity index is 1.35. The zero-order valence-corrected chi connectivity index (χ0v) is 19.0. The number of piperazine rings is 1. The van der Waals surface area contributed by atoms with E-state index in [-0.39, 0.29) is 23.0 Å². The third-order valence-corrected chi connectivity index (χ3v) is 6.82. The van der Waals surface area contributed by atoms with Crippen LogP contribution in [0.3, 0.4) is 0 Å². The summed E-state index contributed by atoms with van der Waals surface area (Å²) >= 11 is 12.5. The van der Waals surface area contributed by atoms with E-state index in [9.17, 15) is 18.0 Å². The van der Waals surface area contributed by atoms with Gasteiger partial charge >= 0.3 is 6.18 Å². The number of benzene rings is 1. The highest BCUT2D eigenvalue weighted by Gasteiger charge is 2.38. The number of carbonyl (C=O) groups excluding carboxylic acids is 1. The number of amides is 1. The standard InChI is InChI=1S/C22H20Cl2F3N5O/c23-16-2-1-3-17(24)15(16)12-30-6-8-31(9-7-30)21(33)14-11-28-32-19(22(25,26)27)10-18(13-4-5-13)29-20(14)32/h1-3,10-11,13H,4-9,12H2. The summed E-state index contributed by atoms with van der Waals surface area (Å²) in [5, 5.41) is 5.04. The normalized spacial score (nSPS) is 17.7. The summed E-state index contributed by atoms with van der Waals surface area (Å²) in [4.78, 5) is 21.3. The van der Waals surface area contributed by atoms with Crippen LogP contribution in [0.15, 0.2) is 30.5 Å². The van der Waals surface area contributed by atoms with Gasteiger partial charge in [-0.3, -0.25) is 9.69 Å². The van der Waals surface area contributed by atoms with Crippen molar-refractivity contribution in [2.24, 2.45) is 0 Å². The molecule has 3 aromatic rings. The number of fused-ring (bicyclic) bond motifs is 1. The van der Waals surface area contributed by atoms with E-state index in [1.807, 2.05) is 0 Å². The lowest BCUT2D eigenvalue weighted by molar-refractivity contribution is -0.142. The molecule has 1 aliphatic carbocycles. The third kappa shape index (κ3) is 4.41. The van der Waals surface area contributed by atoms with Gasteiger partial charge in [-0.2, -0.15) is 18.3 Å². The lowest BCUT2D eigenvalue weighted by atomic mass is 10.1. The summed E-state index contributed by atoms with van der Waals surface area (Å²) < 4.78 is 41.6. The zero-order valence-electron chi connectivity index (χ0n) is 17.4. The molecule has 1 aliphatic heterocycles. The average molecular weight is 498 g/mol. The monoisotopic (exact) mass is 497 g/mol. The van der Waals surface area contributed by atoms with Crippen molar-refractivity contribution < 1.29 is 18.0 Å². The first-order valence-corrected chi connectivity index (χ1v) is 11.4. The van der Waals surface area contributed by atoms with Crippen molar-refractivity contribution in [1.29, 1.82) is 0 Å². The number of hydrogen-bond donors (Lipinski definition) is 0. The van der Waals surface area contributed by atoms with Crippen LogP contribution >= 0.6 is 23.2 Å². The summed E-state index contributed by atoms with van der Waals surface area (Å²) in [5.74, 6) is -0.358. The fraction of sp³-hybridized carbons (Fsp3) is 0.409.